The van der Waals surface area contributed by atoms with Gasteiger partial charge in [-0.15, -0.1) is 0 Å². The lowest BCUT2D eigenvalue weighted by atomic mass is 10.0. The summed E-state index contributed by atoms with van der Waals surface area (Å²) in [6, 6.07) is 2.01. The van der Waals surface area contributed by atoms with Crippen LogP contribution in [0.3, 0.4) is 0 Å². The lowest BCUT2D eigenvalue weighted by Crippen LogP contribution is -2.10. The van der Waals surface area contributed by atoms with Gasteiger partial charge in [-0.25, -0.2) is 15.0 Å². The average Bonchev–Trinajstić information content (AvgIpc) is 2.88. The van der Waals surface area contributed by atoms with Crippen molar-refractivity contribution in [3.63, 3.8) is 0 Å². The van der Waals surface area contributed by atoms with Crippen LogP contribution in [0.25, 0.3) is 5.82 Å². The summed E-state index contributed by atoms with van der Waals surface area (Å²) in [5, 5.41) is 3.33. The van der Waals surface area contributed by atoms with Crippen LogP contribution in [0, 0.1) is 6.92 Å². The summed E-state index contributed by atoms with van der Waals surface area (Å²) >= 11 is 0. The molecular weight excluding hydrogens is 250 g/mol. The Balaban J connectivity index is 1.97. The summed E-state index contributed by atoms with van der Waals surface area (Å²) in [6.45, 7) is 5.01. The highest BCUT2D eigenvalue weighted by molar-refractivity contribution is 5.43. The number of fused-ring (bicyclic) bond motifs is 1. The Morgan fingerprint density at radius 2 is 2.10 bits per heavy atom. The van der Waals surface area contributed by atoms with Gasteiger partial charge in [0.2, 0.25) is 0 Å². The van der Waals surface area contributed by atoms with E-state index in [9.17, 15) is 0 Å². The van der Waals surface area contributed by atoms with Crippen molar-refractivity contribution in [2.45, 2.75) is 46.0 Å². The van der Waals surface area contributed by atoms with Crippen LogP contribution in [-0.4, -0.2) is 26.1 Å². The number of aromatic nitrogens is 4. The maximum atomic E-state index is 4.56. The number of hydrogen-bond acceptors (Lipinski definition) is 4. The molecule has 0 spiro atoms. The molecule has 20 heavy (non-hydrogen) atoms. The van der Waals surface area contributed by atoms with E-state index >= 15 is 0 Å². The maximum absolute atomic E-state index is 4.56. The number of nitrogens with zero attached hydrogens (tertiary/aromatic N) is 4. The van der Waals surface area contributed by atoms with E-state index in [0.29, 0.717) is 0 Å². The molecule has 5 heteroatoms. The smallest absolute Gasteiger partial charge is 0.143 e. The molecule has 3 rings (SSSR count). The van der Waals surface area contributed by atoms with E-state index in [4.69, 9.17) is 0 Å². The van der Waals surface area contributed by atoms with E-state index in [1.165, 1.54) is 24.2 Å². The number of hydrogen-bond donors (Lipinski definition) is 1. The standard InChI is InChI=1S/C15H21N5/c1-3-8-16-14-9-15(19-11(2)18-14)20-10-17-12-6-4-5-7-13(12)20/h9-10H,3-8H2,1-2H3,(H,16,18,19). The third kappa shape index (κ3) is 2.53. The molecule has 1 N–H and O–H groups in total. The van der Waals surface area contributed by atoms with Gasteiger partial charge in [-0.2, -0.15) is 0 Å². The van der Waals surface area contributed by atoms with Crippen LogP contribution in [0.2, 0.25) is 0 Å². The molecule has 0 amide bonds. The topological polar surface area (TPSA) is 55.6 Å². The van der Waals surface area contributed by atoms with Gasteiger partial charge in [-0.05, 0) is 39.0 Å². The lowest BCUT2D eigenvalue weighted by Gasteiger charge is -2.14. The molecule has 1 aliphatic carbocycles. The summed E-state index contributed by atoms with van der Waals surface area (Å²) < 4.78 is 2.13. The van der Waals surface area contributed by atoms with Gasteiger partial charge in [-0.3, -0.25) is 4.57 Å². The van der Waals surface area contributed by atoms with Crippen molar-refractivity contribution >= 4 is 5.82 Å². The van der Waals surface area contributed by atoms with E-state index in [2.05, 4.69) is 31.8 Å². The number of anilines is 1. The lowest BCUT2D eigenvalue weighted by molar-refractivity contribution is 0.653. The summed E-state index contributed by atoms with van der Waals surface area (Å²) in [5.41, 5.74) is 2.55. The minimum Gasteiger partial charge on any atom is -0.370 e. The van der Waals surface area contributed by atoms with Crippen molar-refractivity contribution in [1.29, 1.82) is 0 Å². The van der Waals surface area contributed by atoms with Crippen molar-refractivity contribution < 1.29 is 0 Å². The fourth-order valence-corrected chi connectivity index (χ4v) is 2.69. The predicted octanol–water partition coefficient (Wildman–Crippen LogP) is 2.67. The van der Waals surface area contributed by atoms with Gasteiger partial charge in [-0.1, -0.05) is 6.92 Å². The van der Waals surface area contributed by atoms with E-state index in [1.54, 1.807) is 0 Å². The molecule has 1 aliphatic rings. The Morgan fingerprint density at radius 3 is 2.95 bits per heavy atom. The number of nitrogens with one attached hydrogen (secondary N) is 1. The largest absolute Gasteiger partial charge is 0.370 e. The van der Waals surface area contributed by atoms with E-state index in [0.717, 1.165) is 43.3 Å². The SMILES string of the molecule is CCCNc1cc(-n2cnc3c2CCCC3)nc(C)n1. The minimum atomic E-state index is 0.791. The molecular formula is C15H21N5. The molecule has 2 aromatic rings. The Morgan fingerprint density at radius 1 is 1.25 bits per heavy atom. The normalized spacial score (nSPS) is 14.1. The molecule has 106 valence electrons. The number of imidazole rings is 1. The molecule has 2 aromatic heterocycles. The van der Waals surface area contributed by atoms with Crippen LogP contribution in [0.15, 0.2) is 12.4 Å². The molecule has 5 nitrogen and oxygen atoms in total. The second kappa shape index (κ2) is 5.61. The second-order valence-corrected chi connectivity index (χ2v) is 5.30. The molecule has 0 fully saturated rings. The van der Waals surface area contributed by atoms with E-state index in [-0.39, 0.29) is 0 Å². The molecule has 0 unspecified atom stereocenters. The zero-order chi connectivity index (χ0) is 13.9. The predicted molar refractivity (Wildman–Crippen MR) is 79.3 cm³/mol. The second-order valence-electron chi connectivity index (χ2n) is 5.30. The van der Waals surface area contributed by atoms with Gasteiger partial charge >= 0.3 is 0 Å². The summed E-state index contributed by atoms with van der Waals surface area (Å²) in [4.78, 5) is 13.5. The fraction of sp³-hybridized carbons (Fsp3) is 0.533. The molecule has 0 bridgehead atoms. The molecule has 0 atom stereocenters. The van der Waals surface area contributed by atoms with Crippen molar-refractivity contribution in [3.05, 3.63) is 29.6 Å². The first kappa shape index (κ1) is 13.1. The fourth-order valence-electron chi connectivity index (χ4n) is 2.69. The van der Waals surface area contributed by atoms with Crippen molar-refractivity contribution in [2.24, 2.45) is 0 Å². The highest BCUT2D eigenvalue weighted by atomic mass is 15.2. The van der Waals surface area contributed by atoms with E-state index in [1.807, 2.05) is 19.3 Å². The van der Waals surface area contributed by atoms with Gasteiger partial charge in [0.1, 0.15) is 23.8 Å². The molecule has 2 heterocycles. The van der Waals surface area contributed by atoms with Gasteiger partial charge < -0.3 is 5.32 Å². The quantitative estimate of drug-likeness (QED) is 0.929. The Bertz CT molecular complexity index is 602. The van der Waals surface area contributed by atoms with Crippen LogP contribution in [0.4, 0.5) is 5.82 Å². The monoisotopic (exact) mass is 271 g/mol. The first-order chi connectivity index (χ1) is 9.78. The molecule has 0 saturated carbocycles. The number of aryl methyl sites for hydroxylation is 2. The summed E-state index contributed by atoms with van der Waals surface area (Å²) in [6.07, 6.45) is 7.66. The van der Waals surface area contributed by atoms with Crippen molar-refractivity contribution in [3.8, 4) is 5.82 Å². The highest BCUT2D eigenvalue weighted by Gasteiger charge is 2.17. The van der Waals surface area contributed by atoms with Gasteiger partial charge in [0.05, 0.1) is 5.69 Å². The first-order valence-electron chi connectivity index (χ1n) is 7.43. The van der Waals surface area contributed by atoms with Gasteiger partial charge in [0.15, 0.2) is 0 Å². The van der Waals surface area contributed by atoms with Crippen LogP contribution in [0.5, 0.6) is 0 Å². The molecule has 0 aromatic carbocycles. The number of rotatable bonds is 4. The maximum Gasteiger partial charge on any atom is 0.143 e. The van der Waals surface area contributed by atoms with Crippen LogP contribution >= 0.6 is 0 Å². The zero-order valence-electron chi connectivity index (χ0n) is 12.2. The van der Waals surface area contributed by atoms with Crippen molar-refractivity contribution in [2.75, 3.05) is 11.9 Å². The first-order valence-corrected chi connectivity index (χ1v) is 7.43. The van der Waals surface area contributed by atoms with Crippen LogP contribution < -0.4 is 5.32 Å². The highest BCUT2D eigenvalue weighted by Crippen LogP contribution is 2.23. The van der Waals surface area contributed by atoms with Gasteiger partial charge in [0.25, 0.3) is 0 Å². The van der Waals surface area contributed by atoms with E-state index < -0.39 is 0 Å². The molecule has 0 saturated heterocycles. The summed E-state index contributed by atoms with van der Waals surface area (Å²) in [7, 11) is 0. The Hall–Kier alpha value is -1.91. The third-order valence-electron chi connectivity index (χ3n) is 3.66. The molecule has 0 aliphatic heterocycles. The average molecular weight is 271 g/mol. The Kier molecular flexibility index (Phi) is 3.67. The third-order valence-corrected chi connectivity index (χ3v) is 3.66. The Labute approximate surface area is 119 Å². The minimum absolute atomic E-state index is 0.791. The molecule has 0 radical (unpaired) electrons. The van der Waals surface area contributed by atoms with Crippen LogP contribution in [-0.2, 0) is 12.8 Å². The van der Waals surface area contributed by atoms with Crippen molar-refractivity contribution in [1.82, 2.24) is 19.5 Å². The summed E-state index contributed by atoms with van der Waals surface area (Å²) in [5.74, 6) is 2.61. The zero-order valence-corrected chi connectivity index (χ0v) is 12.2. The van der Waals surface area contributed by atoms with Crippen LogP contribution in [0.1, 0.15) is 43.4 Å². The van der Waals surface area contributed by atoms with Gasteiger partial charge in [0, 0.05) is 18.3 Å².